The van der Waals surface area contributed by atoms with Crippen LogP contribution >= 0.6 is 0 Å². The van der Waals surface area contributed by atoms with E-state index in [9.17, 15) is 30.0 Å². The number of ether oxygens (including phenoxy) is 4. The van der Waals surface area contributed by atoms with E-state index >= 15 is 0 Å². The zero-order valence-corrected chi connectivity index (χ0v) is 41.2. The fourth-order valence-electron chi connectivity index (χ4n) is 7.76. The molecule has 1 fully saturated rings. The smallest absolute Gasteiger partial charge is 0.306 e. The lowest BCUT2D eigenvalue weighted by Gasteiger charge is -2.39. The highest BCUT2D eigenvalue weighted by atomic mass is 16.7. The summed E-state index contributed by atoms with van der Waals surface area (Å²) in [6.07, 6.45) is 49.4. The van der Waals surface area contributed by atoms with Crippen molar-refractivity contribution in [1.29, 1.82) is 0 Å². The van der Waals surface area contributed by atoms with Gasteiger partial charge in [-0.1, -0.05) is 190 Å². The number of hydrogen-bond acceptors (Lipinski definition) is 10. The van der Waals surface area contributed by atoms with Crippen molar-refractivity contribution in [1.82, 2.24) is 0 Å². The molecule has 376 valence electrons. The zero-order valence-electron chi connectivity index (χ0n) is 41.2. The summed E-state index contributed by atoms with van der Waals surface area (Å²) < 4.78 is 22.3. The van der Waals surface area contributed by atoms with Gasteiger partial charge in [0.15, 0.2) is 12.4 Å². The summed E-state index contributed by atoms with van der Waals surface area (Å²) in [5, 5.41) is 40.2. The van der Waals surface area contributed by atoms with Gasteiger partial charge in [0.2, 0.25) is 0 Å². The minimum absolute atomic E-state index is 0.218. The molecule has 1 saturated heterocycles. The first-order chi connectivity index (χ1) is 31.8. The number of aliphatic hydroxyl groups excluding tert-OH is 4. The predicted molar refractivity (Wildman–Crippen MR) is 265 cm³/mol. The van der Waals surface area contributed by atoms with Gasteiger partial charge < -0.3 is 39.4 Å². The van der Waals surface area contributed by atoms with E-state index in [0.29, 0.717) is 6.42 Å². The lowest BCUT2D eigenvalue weighted by Crippen LogP contribution is -2.59. The molecule has 65 heavy (non-hydrogen) atoms. The number of unbranched alkanes of at least 4 members (excludes halogenated alkanes) is 23. The van der Waals surface area contributed by atoms with E-state index in [4.69, 9.17) is 18.9 Å². The maximum Gasteiger partial charge on any atom is 0.306 e. The maximum absolute atomic E-state index is 12.8. The summed E-state index contributed by atoms with van der Waals surface area (Å²) in [6, 6.07) is 0. The van der Waals surface area contributed by atoms with Gasteiger partial charge in [-0.2, -0.15) is 0 Å². The van der Waals surface area contributed by atoms with Crippen LogP contribution in [0.2, 0.25) is 0 Å². The van der Waals surface area contributed by atoms with E-state index in [1.54, 1.807) is 0 Å². The molecule has 0 bridgehead atoms. The monoisotopic (exact) mass is 917 g/mol. The van der Waals surface area contributed by atoms with Crippen LogP contribution in [0.25, 0.3) is 0 Å². The lowest BCUT2D eigenvalue weighted by molar-refractivity contribution is -0.305. The Hall–Kier alpha value is -2.60. The number of rotatable bonds is 44. The Morgan fingerprint density at radius 3 is 1.38 bits per heavy atom. The van der Waals surface area contributed by atoms with Crippen LogP contribution in [0.15, 0.2) is 60.8 Å². The van der Waals surface area contributed by atoms with Gasteiger partial charge in [0, 0.05) is 12.8 Å². The fraction of sp³-hybridized carbons (Fsp3) is 0.782. The van der Waals surface area contributed by atoms with Gasteiger partial charge in [-0.3, -0.25) is 9.59 Å². The lowest BCUT2D eigenvalue weighted by atomic mass is 9.99. The number of carbonyl (C=O) groups is 2. The quantitative estimate of drug-likeness (QED) is 0.0264. The van der Waals surface area contributed by atoms with E-state index in [1.165, 1.54) is 109 Å². The topological polar surface area (TPSA) is 152 Å². The van der Waals surface area contributed by atoms with E-state index in [2.05, 4.69) is 74.6 Å². The molecule has 10 heteroatoms. The number of aliphatic hydroxyl groups is 4. The van der Waals surface area contributed by atoms with E-state index in [0.717, 1.165) is 77.0 Å². The highest BCUT2D eigenvalue weighted by Gasteiger charge is 2.44. The summed E-state index contributed by atoms with van der Waals surface area (Å²) in [5.41, 5.74) is 0. The molecule has 6 atom stereocenters. The highest BCUT2D eigenvalue weighted by Crippen LogP contribution is 2.23. The van der Waals surface area contributed by atoms with Crippen molar-refractivity contribution in [2.45, 2.75) is 256 Å². The summed E-state index contributed by atoms with van der Waals surface area (Å²) in [4.78, 5) is 25.5. The molecule has 1 aliphatic rings. The first kappa shape index (κ1) is 60.4. The normalized spacial score (nSPS) is 19.8. The zero-order chi connectivity index (χ0) is 47.3. The van der Waals surface area contributed by atoms with Crippen LogP contribution in [0.3, 0.4) is 0 Å². The van der Waals surface area contributed by atoms with Crippen molar-refractivity contribution in [2.75, 3.05) is 19.8 Å². The molecule has 1 rings (SSSR count). The molecule has 10 nitrogen and oxygen atoms in total. The maximum atomic E-state index is 12.8. The van der Waals surface area contributed by atoms with Crippen LogP contribution < -0.4 is 0 Å². The van der Waals surface area contributed by atoms with Crippen LogP contribution in [0.4, 0.5) is 0 Å². The molecule has 0 radical (unpaired) electrons. The van der Waals surface area contributed by atoms with Crippen molar-refractivity contribution in [3.05, 3.63) is 60.8 Å². The first-order valence-corrected chi connectivity index (χ1v) is 26.4. The van der Waals surface area contributed by atoms with Crippen LogP contribution in [0.1, 0.15) is 219 Å². The number of allylic oxidation sites excluding steroid dienone is 10. The largest absolute Gasteiger partial charge is 0.462 e. The predicted octanol–water partition coefficient (Wildman–Crippen LogP) is 12.6. The van der Waals surface area contributed by atoms with Crippen molar-refractivity contribution in [3.63, 3.8) is 0 Å². The first-order valence-electron chi connectivity index (χ1n) is 26.4. The molecule has 0 amide bonds. The molecule has 0 aromatic heterocycles. The minimum Gasteiger partial charge on any atom is -0.462 e. The fourth-order valence-corrected chi connectivity index (χ4v) is 7.76. The molecule has 0 spiro atoms. The molecule has 0 aromatic rings. The van der Waals surface area contributed by atoms with Crippen molar-refractivity contribution >= 4 is 11.9 Å². The summed E-state index contributed by atoms with van der Waals surface area (Å²) >= 11 is 0. The number of hydrogen-bond donors (Lipinski definition) is 4. The highest BCUT2D eigenvalue weighted by molar-refractivity contribution is 5.70. The van der Waals surface area contributed by atoms with Gasteiger partial charge in [0.1, 0.15) is 31.0 Å². The van der Waals surface area contributed by atoms with Crippen LogP contribution in [0.5, 0.6) is 0 Å². The molecule has 1 heterocycles. The molecule has 6 unspecified atom stereocenters. The molecule has 0 aromatic carbocycles. The van der Waals surface area contributed by atoms with Crippen LogP contribution in [-0.4, -0.2) is 89.0 Å². The van der Waals surface area contributed by atoms with Crippen molar-refractivity contribution in [2.24, 2.45) is 0 Å². The molecule has 1 aliphatic heterocycles. The van der Waals surface area contributed by atoms with Gasteiger partial charge in [0.25, 0.3) is 0 Å². The summed E-state index contributed by atoms with van der Waals surface area (Å²) in [5.74, 6) is -0.815. The Balaban J connectivity index is 2.26. The van der Waals surface area contributed by atoms with Crippen LogP contribution in [0, 0.1) is 0 Å². The third kappa shape index (κ3) is 36.2. The van der Waals surface area contributed by atoms with Gasteiger partial charge in [0.05, 0.1) is 13.2 Å². The summed E-state index contributed by atoms with van der Waals surface area (Å²) in [6.45, 7) is 3.32. The second-order valence-corrected chi connectivity index (χ2v) is 17.9. The molecule has 0 aliphatic carbocycles. The van der Waals surface area contributed by atoms with Gasteiger partial charge in [-0.15, -0.1) is 0 Å². The average molecular weight is 917 g/mol. The Morgan fingerprint density at radius 1 is 0.492 bits per heavy atom. The van der Waals surface area contributed by atoms with Crippen LogP contribution in [-0.2, 0) is 28.5 Å². The number of carbonyl (C=O) groups excluding carboxylic acids is 2. The second-order valence-electron chi connectivity index (χ2n) is 17.9. The minimum atomic E-state index is -1.60. The van der Waals surface area contributed by atoms with Gasteiger partial charge in [-0.25, -0.2) is 0 Å². The Morgan fingerprint density at radius 2 is 0.908 bits per heavy atom. The standard InChI is InChI=1S/C55H96O10/c1-3-5-7-9-11-13-15-17-19-21-23-24-26-28-30-32-34-36-38-40-42-44-51(58)64-48(47-63-55-54(61)53(60)52(59)49(45-56)65-55)46-62-50(57)43-41-39-37-35-33-31-29-27-25-22-20-18-16-14-12-10-8-6-4-2/h5,7,11,13,17-20,23-24,48-49,52-56,59-61H,3-4,6,8-10,12,14-16,21-22,25-47H2,1-2H3/b7-5-,13-11-,19-17-,20-18-,24-23-. The average Bonchev–Trinajstić information content (AvgIpc) is 3.30. The molecular weight excluding hydrogens is 821 g/mol. The molecule has 4 N–H and O–H groups in total. The molecular formula is C55H96O10. The molecule has 0 saturated carbocycles. The van der Waals surface area contributed by atoms with Gasteiger partial charge >= 0.3 is 11.9 Å². The van der Waals surface area contributed by atoms with E-state index < -0.39 is 49.4 Å². The Labute approximate surface area is 396 Å². The van der Waals surface area contributed by atoms with E-state index in [-0.39, 0.29) is 32.0 Å². The SMILES string of the molecule is CC/C=C\C/C=C\C/C=C\C/C=C\CCCCCCCCCCC(=O)OC(COC(=O)CCCCCCCCCCC/C=C\CCCCCCCC)COC1OC(CO)C(O)C(O)C1O. The van der Waals surface area contributed by atoms with Crippen molar-refractivity contribution < 1.29 is 49.0 Å². The third-order valence-electron chi connectivity index (χ3n) is 11.9. The van der Waals surface area contributed by atoms with Crippen molar-refractivity contribution in [3.8, 4) is 0 Å². The third-order valence-corrected chi connectivity index (χ3v) is 11.9. The van der Waals surface area contributed by atoms with E-state index in [1.807, 2.05) is 0 Å². The number of esters is 2. The van der Waals surface area contributed by atoms with Gasteiger partial charge in [-0.05, 0) is 77.0 Å². The second kappa shape index (κ2) is 45.2. The Kier molecular flexibility index (Phi) is 42.0. The summed E-state index contributed by atoms with van der Waals surface area (Å²) in [7, 11) is 0. The Bertz CT molecular complexity index is 1240.